The molecule has 1 aliphatic rings. The maximum Gasteiger partial charge on any atom is 0.338 e. The summed E-state index contributed by atoms with van der Waals surface area (Å²) in [5.74, 6) is -0.428. The number of rotatable bonds is 2. The Hall–Kier alpha value is -2.30. The molecule has 0 spiro atoms. The first-order chi connectivity index (χ1) is 11.4. The van der Waals surface area contributed by atoms with Crippen molar-refractivity contribution in [2.24, 2.45) is 0 Å². The van der Waals surface area contributed by atoms with E-state index in [9.17, 15) is 9.59 Å². The van der Waals surface area contributed by atoms with E-state index in [4.69, 9.17) is 4.74 Å². The summed E-state index contributed by atoms with van der Waals surface area (Å²) in [5.41, 5.74) is 2.42. The quantitative estimate of drug-likeness (QED) is 0.798. The molecule has 1 heterocycles. The third-order valence-corrected chi connectivity index (χ3v) is 4.00. The maximum atomic E-state index is 12.7. The van der Waals surface area contributed by atoms with Crippen LogP contribution in [0.5, 0.6) is 0 Å². The molecule has 0 unspecified atom stereocenters. The zero-order valence-corrected chi connectivity index (χ0v) is 16.1. The van der Waals surface area contributed by atoms with Gasteiger partial charge in [0.15, 0.2) is 0 Å². The number of carbonyl (C=O) groups is 2. The smallest absolute Gasteiger partial charge is 0.338 e. The van der Waals surface area contributed by atoms with Crippen LogP contribution in [0.25, 0.3) is 0 Å². The number of hydrogen-bond acceptors (Lipinski definition) is 3. The Bertz CT molecular complexity index is 704. The normalized spacial score (nSPS) is 18.5. The lowest BCUT2D eigenvalue weighted by Crippen LogP contribution is -2.46. The van der Waals surface area contributed by atoms with Crippen LogP contribution >= 0.6 is 0 Å². The molecule has 5 heteroatoms. The van der Waals surface area contributed by atoms with Crippen molar-refractivity contribution in [3.8, 4) is 0 Å². The van der Waals surface area contributed by atoms with Gasteiger partial charge in [-0.3, -0.25) is 0 Å². The van der Waals surface area contributed by atoms with E-state index < -0.39 is 17.6 Å². The van der Waals surface area contributed by atoms with Crippen LogP contribution in [-0.2, 0) is 14.9 Å². The van der Waals surface area contributed by atoms with Crippen LogP contribution in [0.15, 0.2) is 35.5 Å². The molecule has 1 aliphatic heterocycles. The summed E-state index contributed by atoms with van der Waals surface area (Å²) < 4.78 is 5.52. The zero-order valence-electron chi connectivity index (χ0n) is 16.1. The lowest BCUT2D eigenvalue weighted by molar-refractivity contribution is -0.150. The highest BCUT2D eigenvalue weighted by Crippen LogP contribution is 2.30. The fourth-order valence-electron chi connectivity index (χ4n) is 2.72. The fraction of sp³-hybridized carbons (Fsp3) is 0.500. The molecular weight excluding hydrogens is 316 g/mol. The summed E-state index contributed by atoms with van der Waals surface area (Å²) in [6.45, 7) is 13.6. The highest BCUT2D eigenvalue weighted by Gasteiger charge is 2.34. The SMILES string of the molecule is CC1=C(C(=O)OC(C)(C)C)[C@@H](c2ccc(C(C)(C)C)cc2)NC(=O)N1. The number of allylic oxidation sites excluding steroid dienone is 1. The minimum Gasteiger partial charge on any atom is -0.456 e. The Morgan fingerprint density at radius 1 is 1.04 bits per heavy atom. The van der Waals surface area contributed by atoms with E-state index in [0.717, 1.165) is 5.56 Å². The van der Waals surface area contributed by atoms with Gasteiger partial charge in [0, 0.05) is 5.70 Å². The Kier molecular flexibility index (Phi) is 4.98. The standard InChI is InChI=1S/C20H28N2O3/c1-12-15(17(23)25-20(5,6)7)16(22-18(24)21-12)13-8-10-14(11-9-13)19(2,3)4/h8-11,16H,1-7H3,(H2,21,22,24)/t16-/m1/s1. The van der Waals surface area contributed by atoms with Crippen molar-refractivity contribution in [2.45, 2.75) is 65.5 Å². The minimum absolute atomic E-state index is 0.0374. The van der Waals surface area contributed by atoms with Crippen LogP contribution in [0.2, 0.25) is 0 Å². The average Bonchev–Trinajstić information content (AvgIpc) is 2.43. The predicted octanol–water partition coefficient (Wildman–Crippen LogP) is 3.95. The van der Waals surface area contributed by atoms with E-state index in [-0.39, 0.29) is 11.4 Å². The van der Waals surface area contributed by atoms with Gasteiger partial charge in [-0.2, -0.15) is 0 Å². The van der Waals surface area contributed by atoms with Gasteiger partial charge in [0.1, 0.15) is 5.60 Å². The van der Waals surface area contributed by atoms with Crippen LogP contribution in [-0.4, -0.2) is 17.6 Å². The van der Waals surface area contributed by atoms with Gasteiger partial charge < -0.3 is 15.4 Å². The highest BCUT2D eigenvalue weighted by atomic mass is 16.6. The molecule has 1 aromatic rings. The zero-order chi connectivity index (χ0) is 19.0. The molecule has 0 aromatic heterocycles. The number of esters is 1. The minimum atomic E-state index is -0.605. The van der Waals surface area contributed by atoms with Gasteiger partial charge in [-0.25, -0.2) is 9.59 Å². The van der Waals surface area contributed by atoms with Gasteiger partial charge >= 0.3 is 12.0 Å². The van der Waals surface area contributed by atoms with Crippen molar-refractivity contribution in [3.05, 3.63) is 46.7 Å². The molecule has 0 radical (unpaired) electrons. The Labute approximate surface area is 149 Å². The second-order valence-corrected chi connectivity index (χ2v) is 8.44. The Balaban J connectivity index is 2.40. The first-order valence-corrected chi connectivity index (χ1v) is 8.50. The highest BCUT2D eigenvalue weighted by molar-refractivity contribution is 5.95. The van der Waals surface area contributed by atoms with Crippen molar-refractivity contribution >= 4 is 12.0 Å². The lowest BCUT2D eigenvalue weighted by atomic mass is 9.85. The van der Waals surface area contributed by atoms with Crippen molar-refractivity contribution < 1.29 is 14.3 Å². The van der Waals surface area contributed by atoms with E-state index in [1.54, 1.807) is 6.92 Å². The summed E-state index contributed by atoms with van der Waals surface area (Å²) >= 11 is 0. The van der Waals surface area contributed by atoms with Crippen molar-refractivity contribution in [2.75, 3.05) is 0 Å². The van der Waals surface area contributed by atoms with Crippen LogP contribution in [0.4, 0.5) is 4.79 Å². The fourth-order valence-corrected chi connectivity index (χ4v) is 2.72. The Morgan fingerprint density at radius 2 is 1.60 bits per heavy atom. The first-order valence-electron chi connectivity index (χ1n) is 8.50. The molecule has 136 valence electrons. The molecule has 0 fully saturated rings. The number of carbonyl (C=O) groups excluding carboxylic acids is 2. The Morgan fingerprint density at radius 3 is 2.08 bits per heavy atom. The molecule has 25 heavy (non-hydrogen) atoms. The molecule has 1 atom stereocenters. The summed E-state index contributed by atoms with van der Waals surface area (Å²) in [6.07, 6.45) is 0. The van der Waals surface area contributed by atoms with Crippen LogP contribution < -0.4 is 10.6 Å². The summed E-state index contributed by atoms with van der Waals surface area (Å²) in [7, 11) is 0. The molecule has 0 saturated carbocycles. The molecule has 2 rings (SSSR count). The molecule has 2 amide bonds. The monoisotopic (exact) mass is 344 g/mol. The maximum absolute atomic E-state index is 12.7. The first kappa shape index (κ1) is 19.0. The van der Waals surface area contributed by atoms with E-state index in [1.165, 1.54) is 5.56 Å². The number of amides is 2. The third kappa shape index (κ3) is 4.62. The molecule has 2 N–H and O–H groups in total. The second-order valence-electron chi connectivity index (χ2n) is 8.44. The molecule has 0 aliphatic carbocycles. The van der Waals surface area contributed by atoms with E-state index in [0.29, 0.717) is 11.3 Å². The molecular formula is C20H28N2O3. The van der Waals surface area contributed by atoms with Crippen LogP contribution in [0, 0.1) is 0 Å². The second kappa shape index (κ2) is 6.54. The van der Waals surface area contributed by atoms with E-state index >= 15 is 0 Å². The summed E-state index contributed by atoms with van der Waals surface area (Å²) in [5, 5.41) is 5.49. The van der Waals surface area contributed by atoms with Crippen molar-refractivity contribution in [1.29, 1.82) is 0 Å². The molecule has 1 aromatic carbocycles. The number of nitrogens with one attached hydrogen (secondary N) is 2. The number of urea groups is 1. The van der Waals surface area contributed by atoms with Crippen molar-refractivity contribution in [1.82, 2.24) is 10.6 Å². The number of benzene rings is 1. The molecule has 5 nitrogen and oxygen atoms in total. The number of ether oxygens (including phenoxy) is 1. The predicted molar refractivity (Wildman–Crippen MR) is 98.1 cm³/mol. The number of hydrogen-bond donors (Lipinski definition) is 2. The van der Waals surface area contributed by atoms with Gasteiger partial charge in [-0.1, -0.05) is 45.0 Å². The van der Waals surface area contributed by atoms with Gasteiger partial charge in [0.2, 0.25) is 0 Å². The van der Waals surface area contributed by atoms with Gasteiger partial charge in [-0.15, -0.1) is 0 Å². The van der Waals surface area contributed by atoms with Gasteiger partial charge in [-0.05, 0) is 44.2 Å². The van der Waals surface area contributed by atoms with Crippen molar-refractivity contribution in [3.63, 3.8) is 0 Å². The van der Waals surface area contributed by atoms with Gasteiger partial charge in [0.25, 0.3) is 0 Å². The summed E-state index contributed by atoms with van der Waals surface area (Å²) in [6, 6.07) is 7.12. The molecule has 0 saturated heterocycles. The largest absolute Gasteiger partial charge is 0.456 e. The van der Waals surface area contributed by atoms with Crippen LogP contribution in [0.3, 0.4) is 0 Å². The average molecular weight is 344 g/mol. The van der Waals surface area contributed by atoms with Crippen LogP contribution in [0.1, 0.15) is 65.6 Å². The molecule has 0 bridgehead atoms. The van der Waals surface area contributed by atoms with E-state index in [2.05, 4.69) is 31.4 Å². The summed E-state index contributed by atoms with van der Waals surface area (Å²) in [4.78, 5) is 24.6. The third-order valence-electron chi connectivity index (χ3n) is 4.00. The van der Waals surface area contributed by atoms with Gasteiger partial charge in [0.05, 0.1) is 11.6 Å². The lowest BCUT2D eigenvalue weighted by Gasteiger charge is -2.30. The van der Waals surface area contributed by atoms with E-state index in [1.807, 2.05) is 45.0 Å². The topological polar surface area (TPSA) is 67.4 Å².